The third-order valence-electron chi connectivity index (χ3n) is 2.67. The van der Waals surface area contributed by atoms with Crippen LogP contribution >= 0.6 is 0 Å². The zero-order valence-corrected chi connectivity index (χ0v) is 10.4. The summed E-state index contributed by atoms with van der Waals surface area (Å²) in [5.41, 5.74) is 0.889. The number of rotatable bonds is 6. The second-order valence-electron chi connectivity index (χ2n) is 4.95. The zero-order chi connectivity index (χ0) is 12.7. The van der Waals surface area contributed by atoms with Gasteiger partial charge in [-0.25, -0.2) is 0 Å². The molecule has 0 saturated heterocycles. The van der Waals surface area contributed by atoms with E-state index in [1.165, 1.54) is 0 Å². The van der Waals surface area contributed by atoms with Crippen molar-refractivity contribution in [3.8, 4) is 0 Å². The monoisotopic (exact) mass is 236 g/mol. The molecule has 1 amide bonds. The van der Waals surface area contributed by atoms with Gasteiger partial charge in [0.1, 0.15) is 0 Å². The number of hydrogen-bond donors (Lipinski definition) is 2. The highest BCUT2D eigenvalue weighted by molar-refractivity contribution is 5.78. The fourth-order valence-electron chi connectivity index (χ4n) is 1.48. The number of aliphatic hydroxyl groups excluding tert-OH is 1. The highest BCUT2D eigenvalue weighted by atomic mass is 16.3. The molecule has 1 rings (SSSR count). The highest BCUT2D eigenvalue weighted by Crippen LogP contribution is 2.17. The lowest BCUT2D eigenvalue weighted by atomic mass is 9.90. The molecule has 0 saturated carbocycles. The number of aromatic nitrogens is 1. The molecule has 0 fully saturated rings. The number of pyridine rings is 1. The molecule has 1 aromatic rings. The number of carbonyl (C=O) groups is 1. The quantitative estimate of drug-likeness (QED) is 0.779. The molecule has 1 aromatic heterocycles. The molecule has 17 heavy (non-hydrogen) atoms. The number of nitrogens with one attached hydrogen (secondary N) is 1. The molecule has 0 spiro atoms. The second-order valence-corrected chi connectivity index (χ2v) is 4.95. The van der Waals surface area contributed by atoms with Crippen LogP contribution in [0.2, 0.25) is 0 Å². The number of carbonyl (C=O) groups excluding carboxylic acids is 1. The Morgan fingerprint density at radius 3 is 2.65 bits per heavy atom. The second kappa shape index (κ2) is 6.35. The lowest BCUT2D eigenvalue weighted by molar-refractivity contribution is -0.120. The van der Waals surface area contributed by atoms with Crippen molar-refractivity contribution in [2.45, 2.75) is 26.7 Å². The van der Waals surface area contributed by atoms with E-state index in [0.29, 0.717) is 19.4 Å². The maximum absolute atomic E-state index is 11.7. The molecule has 1 heterocycles. The molecule has 0 aliphatic rings. The van der Waals surface area contributed by atoms with Crippen molar-refractivity contribution in [1.82, 2.24) is 10.3 Å². The van der Waals surface area contributed by atoms with E-state index in [0.717, 1.165) is 5.56 Å². The Morgan fingerprint density at radius 2 is 2.06 bits per heavy atom. The van der Waals surface area contributed by atoms with E-state index in [9.17, 15) is 4.79 Å². The van der Waals surface area contributed by atoms with Crippen LogP contribution in [0.4, 0.5) is 0 Å². The van der Waals surface area contributed by atoms with E-state index in [4.69, 9.17) is 5.11 Å². The van der Waals surface area contributed by atoms with Gasteiger partial charge in [0.15, 0.2) is 0 Å². The third-order valence-corrected chi connectivity index (χ3v) is 2.67. The number of nitrogens with zero attached hydrogens (tertiary/aromatic N) is 1. The summed E-state index contributed by atoms with van der Waals surface area (Å²) in [5.74, 6) is 0.00205. The maximum Gasteiger partial charge on any atom is 0.224 e. The summed E-state index contributed by atoms with van der Waals surface area (Å²) in [5, 5.41) is 11.8. The van der Waals surface area contributed by atoms with Crippen LogP contribution in [-0.4, -0.2) is 29.1 Å². The van der Waals surface area contributed by atoms with Gasteiger partial charge in [0, 0.05) is 25.5 Å². The lowest BCUT2D eigenvalue weighted by Crippen LogP contribution is -2.35. The number of amides is 1. The van der Waals surface area contributed by atoms with Gasteiger partial charge in [-0.2, -0.15) is 0 Å². The first kappa shape index (κ1) is 13.6. The minimum absolute atomic E-state index is 0.00205. The van der Waals surface area contributed by atoms with Crippen LogP contribution in [0.3, 0.4) is 0 Å². The standard InChI is InChI=1S/C13H20N2O2/c1-13(2,5-8-16)10-15-12(17)9-11-3-6-14-7-4-11/h3-4,6-7,16H,5,8-10H2,1-2H3,(H,15,17). The van der Waals surface area contributed by atoms with Crippen molar-refractivity contribution in [3.05, 3.63) is 30.1 Å². The van der Waals surface area contributed by atoms with Crippen LogP contribution in [0.5, 0.6) is 0 Å². The summed E-state index contributed by atoms with van der Waals surface area (Å²) in [6, 6.07) is 3.66. The topological polar surface area (TPSA) is 62.2 Å². The molecular formula is C13H20N2O2. The number of hydrogen-bond acceptors (Lipinski definition) is 3. The molecule has 0 aromatic carbocycles. The molecule has 0 atom stereocenters. The van der Waals surface area contributed by atoms with Gasteiger partial charge in [0.25, 0.3) is 0 Å². The summed E-state index contributed by atoms with van der Waals surface area (Å²) in [6.45, 7) is 4.77. The highest BCUT2D eigenvalue weighted by Gasteiger charge is 2.17. The average Bonchev–Trinajstić information content (AvgIpc) is 2.28. The van der Waals surface area contributed by atoms with Gasteiger partial charge in [-0.05, 0) is 29.5 Å². The Hall–Kier alpha value is -1.42. The fraction of sp³-hybridized carbons (Fsp3) is 0.538. The molecule has 0 aliphatic heterocycles. The fourth-order valence-corrected chi connectivity index (χ4v) is 1.48. The first-order valence-corrected chi connectivity index (χ1v) is 5.80. The molecule has 0 bridgehead atoms. The van der Waals surface area contributed by atoms with E-state index >= 15 is 0 Å². The van der Waals surface area contributed by atoms with E-state index in [-0.39, 0.29) is 17.9 Å². The van der Waals surface area contributed by atoms with Gasteiger partial charge >= 0.3 is 0 Å². The zero-order valence-electron chi connectivity index (χ0n) is 10.4. The van der Waals surface area contributed by atoms with Crippen molar-refractivity contribution < 1.29 is 9.90 Å². The van der Waals surface area contributed by atoms with Crippen LogP contribution in [0.15, 0.2) is 24.5 Å². The Balaban J connectivity index is 2.36. The van der Waals surface area contributed by atoms with Crippen LogP contribution in [0.25, 0.3) is 0 Å². The summed E-state index contributed by atoms with van der Waals surface area (Å²) >= 11 is 0. The lowest BCUT2D eigenvalue weighted by Gasteiger charge is -2.23. The molecule has 0 aliphatic carbocycles. The van der Waals surface area contributed by atoms with E-state index < -0.39 is 0 Å². The Labute approximate surface area is 102 Å². The van der Waals surface area contributed by atoms with Crippen molar-refractivity contribution in [3.63, 3.8) is 0 Å². The normalized spacial score (nSPS) is 11.2. The average molecular weight is 236 g/mol. The van der Waals surface area contributed by atoms with Gasteiger partial charge in [-0.3, -0.25) is 9.78 Å². The van der Waals surface area contributed by atoms with Crippen LogP contribution in [0, 0.1) is 5.41 Å². The van der Waals surface area contributed by atoms with Gasteiger partial charge < -0.3 is 10.4 Å². The largest absolute Gasteiger partial charge is 0.396 e. The van der Waals surface area contributed by atoms with E-state index in [1.807, 2.05) is 26.0 Å². The van der Waals surface area contributed by atoms with E-state index in [1.54, 1.807) is 12.4 Å². The van der Waals surface area contributed by atoms with Crippen molar-refractivity contribution >= 4 is 5.91 Å². The Morgan fingerprint density at radius 1 is 1.41 bits per heavy atom. The molecular weight excluding hydrogens is 216 g/mol. The first-order chi connectivity index (χ1) is 8.03. The van der Waals surface area contributed by atoms with Crippen LogP contribution < -0.4 is 5.32 Å². The molecule has 94 valence electrons. The van der Waals surface area contributed by atoms with Crippen molar-refractivity contribution in [2.24, 2.45) is 5.41 Å². The molecule has 4 heteroatoms. The SMILES string of the molecule is CC(C)(CCO)CNC(=O)Cc1ccncc1. The molecule has 0 unspecified atom stereocenters. The predicted octanol–water partition coefficient (Wildman–Crippen LogP) is 1.15. The summed E-state index contributed by atoms with van der Waals surface area (Å²) < 4.78 is 0. The molecule has 2 N–H and O–H groups in total. The minimum atomic E-state index is -0.0668. The van der Waals surface area contributed by atoms with E-state index in [2.05, 4.69) is 10.3 Å². The van der Waals surface area contributed by atoms with Crippen LogP contribution in [0.1, 0.15) is 25.8 Å². The smallest absolute Gasteiger partial charge is 0.224 e. The van der Waals surface area contributed by atoms with Gasteiger partial charge in [-0.15, -0.1) is 0 Å². The van der Waals surface area contributed by atoms with Crippen LogP contribution in [-0.2, 0) is 11.2 Å². The van der Waals surface area contributed by atoms with Crippen molar-refractivity contribution in [2.75, 3.05) is 13.2 Å². The molecule has 0 radical (unpaired) electrons. The summed E-state index contributed by atoms with van der Waals surface area (Å²) in [7, 11) is 0. The van der Waals surface area contributed by atoms with Crippen molar-refractivity contribution in [1.29, 1.82) is 0 Å². The molecule has 4 nitrogen and oxygen atoms in total. The first-order valence-electron chi connectivity index (χ1n) is 5.80. The number of aliphatic hydroxyl groups is 1. The maximum atomic E-state index is 11.7. The Kier molecular flexibility index (Phi) is 5.10. The minimum Gasteiger partial charge on any atom is -0.396 e. The predicted molar refractivity (Wildman–Crippen MR) is 66.4 cm³/mol. The Bertz CT molecular complexity index is 350. The van der Waals surface area contributed by atoms with Gasteiger partial charge in [0.05, 0.1) is 6.42 Å². The third kappa shape index (κ3) is 5.45. The summed E-state index contributed by atoms with van der Waals surface area (Å²) in [6.07, 6.45) is 4.41. The summed E-state index contributed by atoms with van der Waals surface area (Å²) in [4.78, 5) is 15.6. The van der Waals surface area contributed by atoms with Gasteiger partial charge in [-0.1, -0.05) is 13.8 Å². The van der Waals surface area contributed by atoms with Gasteiger partial charge in [0.2, 0.25) is 5.91 Å².